The topological polar surface area (TPSA) is 49.5 Å². The Hall–Kier alpha value is -0.120. The molecular formula is C10H22N2O. The van der Waals surface area contributed by atoms with E-state index in [-0.39, 0.29) is 6.10 Å². The van der Waals surface area contributed by atoms with E-state index in [0.29, 0.717) is 12.5 Å². The molecule has 0 aromatic rings. The van der Waals surface area contributed by atoms with Gasteiger partial charge in [-0.3, -0.25) is 0 Å². The summed E-state index contributed by atoms with van der Waals surface area (Å²) in [5, 5.41) is 9.82. The monoisotopic (exact) mass is 186 g/mol. The molecule has 0 spiro atoms. The molecule has 0 bridgehead atoms. The van der Waals surface area contributed by atoms with E-state index < -0.39 is 0 Å². The van der Waals surface area contributed by atoms with Crippen LogP contribution in [0.25, 0.3) is 0 Å². The summed E-state index contributed by atoms with van der Waals surface area (Å²) in [5.74, 6) is 0.516. The van der Waals surface area contributed by atoms with Gasteiger partial charge in [0.25, 0.3) is 0 Å². The molecule has 1 atom stereocenters. The van der Waals surface area contributed by atoms with Crippen molar-refractivity contribution in [1.82, 2.24) is 4.90 Å². The Kier molecular flexibility index (Phi) is 4.70. The van der Waals surface area contributed by atoms with E-state index in [1.54, 1.807) is 0 Å². The number of rotatable bonds is 4. The Morgan fingerprint density at radius 1 is 1.46 bits per heavy atom. The number of likely N-dealkylation sites (tertiary alicyclic amines) is 1. The van der Waals surface area contributed by atoms with Gasteiger partial charge in [-0.05, 0) is 58.3 Å². The highest BCUT2D eigenvalue weighted by molar-refractivity contribution is 4.75. The summed E-state index contributed by atoms with van der Waals surface area (Å²) in [4.78, 5) is 2.33. The molecule has 0 aromatic heterocycles. The maximum absolute atomic E-state index is 9.82. The third-order valence-electron chi connectivity index (χ3n) is 3.01. The molecule has 1 fully saturated rings. The van der Waals surface area contributed by atoms with Gasteiger partial charge in [0.05, 0.1) is 6.10 Å². The van der Waals surface area contributed by atoms with Crippen LogP contribution in [0.4, 0.5) is 0 Å². The predicted octanol–water partition coefficient (Wildman–Crippen LogP) is 0.428. The van der Waals surface area contributed by atoms with Crippen molar-refractivity contribution in [3.05, 3.63) is 0 Å². The molecule has 1 heterocycles. The predicted molar refractivity (Wildman–Crippen MR) is 54.5 cm³/mol. The fourth-order valence-corrected chi connectivity index (χ4v) is 1.98. The summed E-state index contributed by atoms with van der Waals surface area (Å²) in [6.45, 7) is 2.96. The Morgan fingerprint density at radius 3 is 2.62 bits per heavy atom. The number of hydrogen-bond donors (Lipinski definition) is 2. The number of nitrogens with zero attached hydrogens (tertiary/aromatic N) is 1. The smallest absolute Gasteiger partial charge is 0.0569 e. The van der Waals surface area contributed by atoms with Crippen molar-refractivity contribution in [2.45, 2.75) is 31.8 Å². The van der Waals surface area contributed by atoms with E-state index in [1.807, 2.05) is 0 Å². The molecule has 0 saturated carbocycles. The van der Waals surface area contributed by atoms with E-state index in [2.05, 4.69) is 11.9 Å². The van der Waals surface area contributed by atoms with Crippen molar-refractivity contribution >= 4 is 0 Å². The van der Waals surface area contributed by atoms with Crippen molar-refractivity contribution in [1.29, 1.82) is 0 Å². The lowest BCUT2D eigenvalue weighted by atomic mass is 9.89. The zero-order chi connectivity index (χ0) is 9.68. The average Bonchev–Trinajstić information content (AvgIpc) is 2.15. The van der Waals surface area contributed by atoms with Gasteiger partial charge < -0.3 is 15.7 Å². The lowest BCUT2D eigenvalue weighted by Crippen LogP contribution is -2.35. The second kappa shape index (κ2) is 5.58. The van der Waals surface area contributed by atoms with Gasteiger partial charge in [-0.15, -0.1) is 0 Å². The van der Waals surface area contributed by atoms with Crippen LogP contribution in [0.2, 0.25) is 0 Å². The maximum Gasteiger partial charge on any atom is 0.0569 e. The fourth-order valence-electron chi connectivity index (χ4n) is 1.98. The molecule has 0 amide bonds. The highest BCUT2D eigenvalue weighted by atomic mass is 16.3. The van der Waals surface area contributed by atoms with Gasteiger partial charge in [-0.25, -0.2) is 0 Å². The second-order valence-electron chi connectivity index (χ2n) is 4.14. The summed E-state index contributed by atoms with van der Waals surface area (Å²) < 4.78 is 0. The van der Waals surface area contributed by atoms with Gasteiger partial charge in [0.15, 0.2) is 0 Å². The lowest BCUT2D eigenvalue weighted by molar-refractivity contribution is 0.0589. The maximum atomic E-state index is 9.82. The van der Waals surface area contributed by atoms with Crippen LogP contribution < -0.4 is 5.73 Å². The molecule has 13 heavy (non-hydrogen) atoms. The largest absolute Gasteiger partial charge is 0.393 e. The molecule has 1 saturated heterocycles. The van der Waals surface area contributed by atoms with Crippen molar-refractivity contribution < 1.29 is 5.11 Å². The first kappa shape index (κ1) is 11.0. The van der Waals surface area contributed by atoms with Crippen LogP contribution in [-0.2, 0) is 0 Å². The molecule has 1 aliphatic heterocycles. The van der Waals surface area contributed by atoms with Crippen LogP contribution in [0.15, 0.2) is 0 Å². The molecule has 0 radical (unpaired) electrons. The Bertz CT molecular complexity index is 133. The molecule has 3 N–H and O–H groups in total. The first-order valence-corrected chi connectivity index (χ1v) is 5.30. The minimum Gasteiger partial charge on any atom is -0.393 e. The van der Waals surface area contributed by atoms with E-state index in [0.717, 1.165) is 38.8 Å². The van der Waals surface area contributed by atoms with Crippen LogP contribution in [0.3, 0.4) is 0 Å². The summed E-state index contributed by atoms with van der Waals surface area (Å²) in [6.07, 6.45) is 4.00. The first-order chi connectivity index (χ1) is 6.24. The van der Waals surface area contributed by atoms with Crippen molar-refractivity contribution in [3.63, 3.8) is 0 Å². The Balaban J connectivity index is 2.19. The Labute approximate surface area is 80.9 Å². The van der Waals surface area contributed by atoms with Crippen LogP contribution in [-0.4, -0.2) is 42.8 Å². The van der Waals surface area contributed by atoms with E-state index in [9.17, 15) is 5.11 Å². The second-order valence-corrected chi connectivity index (χ2v) is 4.14. The fraction of sp³-hybridized carbons (Fsp3) is 1.00. The van der Waals surface area contributed by atoms with Crippen molar-refractivity contribution in [2.24, 2.45) is 11.7 Å². The number of nitrogens with two attached hydrogens (primary N) is 1. The molecule has 1 unspecified atom stereocenters. The molecule has 78 valence electrons. The van der Waals surface area contributed by atoms with Crippen molar-refractivity contribution in [2.75, 3.05) is 26.7 Å². The highest BCUT2D eigenvalue weighted by Gasteiger charge is 2.22. The Morgan fingerprint density at radius 2 is 2.08 bits per heavy atom. The van der Waals surface area contributed by atoms with E-state index in [1.165, 1.54) is 0 Å². The highest BCUT2D eigenvalue weighted by Crippen LogP contribution is 2.21. The summed E-state index contributed by atoms with van der Waals surface area (Å²) >= 11 is 0. The standard InChI is InChI=1S/C10H22N2O/c1-12-7-4-9(5-8-12)10(13)3-2-6-11/h9-10,13H,2-8,11H2,1H3. The van der Waals surface area contributed by atoms with Gasteiger partial charge in [-0.1, -0.05) is 0 Å². The molecule has 3 nitrogen and oxygen atoms in total. The van der Waals surface area contributed by atoms with Gasteiger partial charge in [0.2, 0.25) is 0 Å². The normalized spacial score (nSPS) is 23.3. The van der Waals surface area contributed by atoms with Crippen LogP contribution in [0.5, 0.6) is 0 Å². The number of hydrogen-bond acceptors (Lipinski definition) is 3. The van der Waals surface area contributed by atoms with Gasteiger partial charge in [0, 0.05) is 0 Å². The number of aliphatic hydroxyl groups excluding tert-OH is 1. The van der Waals surface area contributed by atoms with Gasteiger partial charge in [0.1, 0.15) is 0 Å². The number of piperidine rings is 1. The molecular weight excluding hydrogens is 164 g/mol. The van der Waals surface area contributed by atoms with Gasteiger partial charge >= 0.3 is 0 Å². The zero-order valence-electron chi connectivity index (χ0n) is 8.58. The molecule has 0 aliphatic carbocycles. The van der Waals surface area contributed by atoms with Crippen LogP contribution in [0.1, 0.15) is 25.7 Å². The zero-order valence-corrected chi connectivity index (χ0v) is 8.58. The third kappa shape index (κ3) is 3.63. The van der Waals surface area contributed by atoms with Crippen LogP contribution >= 0.6 is 0 Å². The van der Waals surface area contributed by atoms with Crippen molar-refractivity contribution in [3.8, 4) is 0 Å². The number of aliphatic hydroxyl groups is 1. The first-order valence-electron chi connectivity index (χ1n) is 5.30. The van der Waals surface area contributed by atoms with Crippen LogP contribution in [0, 0.1) is 5.92 Å². The average molecular weight is 186 g/mol. The molecule has 1 rings (SSSR count). The summed E-state index contributed by atoms with van der Waals surface area (Å²) in [5.41, 5.74) is 5.41. The van der Waals surface area contributed by atoms with Gasteiger partial charge in [-0.2, -0.15) is 0 Å². The minimum absolute atomic E-state index is 0.114. The minimum atomic E-state index is -0.114. The summed E-state index contributed by atoms with van der Waals surface area (Å²) in [7, 11) is 2.14. The lowest BCUT2D eigenvalue weighted by Gasteiger charge is -2.31. The quantitative estimate of drug-likeness (QED) is 0.669. The van der Waals surface area contributed by atoms with E-state index in [4.69, 9.17) is 5.73 Å². The third-order valence-corrected chi connectivity index (χ3v) is 3.01. The molecule has 1 aliphatic rings. The van der Waals surface area contributed by atoms with E-state index >= 15 is 0 Å². The summed E-state index contributed by atoms with van der Waals surface area (Å²) in [6, 6.07) is 0. The molecule has 3 heteroatoms. The molecule has 0 aromatic carbocycles. The SMILES string of the molecule is CN1CCC(C(O)CCCN)CC1.